The molecule has 0 aliphatic carbocycles. The highest BCUT2D eigenvalue weighted by Crippen LogP contribution is 2.34. The summed E-state index contributed by atoms with van der Waals surface area (Å²) in [6, 6.07) is 6.69. The molecule has 3 rings (SSSR count). The van der Waals surface area contributed by atoms with E-state index in [1.54, 1.807) is 11.3 Å². The lowest BCUT2D eigenvalue weighted by atomic mass is 9.86. The first-order chi connectivity index (χ1) is 10.1. The maximum Gasteiger partial charge on any atom is 0.184 e. The van der Waals surface area contributed by atoms with Gasteiger partial charge in [-0.15, -0.1) is 0 Å². The summed E-state index contributed by atoms with van der Waals surface area (Å²) in [4.78, 5) is 4.69. The highest BCUT2D eigenvalue weighted by Gasteiger charge is 2.34. The number of thiazole rings is 1. The van der Waals surface area contributed by atoms with Crippen molar-refractivity contribution >= 4 is 42.6 Å². The Morgan fingerprint density at radius 3 is 3.00 bits per heavy atom. The van der Waals surface area contributed by atoms with E-state index in [4.69, 9.17) is 9.72 Å². The fourth-order valence-electron chi connectivity index (χ4n) is 3.03. The van der Waals surface area contributed by atoms with Gasteiger partial charge in [0.05, 0.1) is 15.8 Å². The van der Waals surface area contributed by atoms with Crippen molar-refractivity contribution in [2.24, 2.45) is 0 Å². The molecule has 3 nitrogen and oxygen atoms in total. The van der Waals surface area contributed by atoms with Crippen LogP contribution in [0.4, 0.5) is 5.13 Å². The molecule has 0 radical (unpaired) electrons. The van der Waals surface area contributed by atoms with Crippen LogP contribution in [0.25, 0.3) is 10.2 Å². The van der Waals surface area contributed by atoms with Gasteiger partial charge in [-0.05, 0) is 43.9 Å². The molecule has 2 aromatic rings. The summed E-state index contributed by atoms with van der Waals surface area (Å²) < 4.78 is 8.37. The van der Waals surface area contributed by atoms with E-state index in [9.17, 15) is 0 Å². The maximum atomic E-state index is 6.04. The van der Waals surface area contributed by atoms with E-state index in [0.717, 1.165) is 47.4 Å². The molecular formula is C16H21BrN2OS. The first-order valence-electron chi connectivity index (χ1n) is 7.61. The number of ether oxygens (including phenoxy) is 1. The number of fused-ring (bicyclic) bond motifs is 1. The van der Waals surface area contributed by atoms with Gasteiger partial charge in [0.25, 0.3) is 0 Å². The second-order valence-corrected chi connectivity index (χ2v) is 7.65. The predicted octanol–water partition coefficient (Wildman–Crippen LogP) is 5.21. The standard InChI is InChI=1S/C16H21BrN2OS/c1-3-16(4-2)10-12(7-8-20-16)18-15-19-13-6-5-11(17)9-14(13)21-15/h5-6,9,12H,3-4,7-8,10H2,1-2H3,(H,18,19). The highest BCUT2D eigenvalue weighted by atomic mass is 79.9. The Kier molecular flexibility index (Phi) is 4.52. The smallest absolute Gasteiger partial charge is 0.184 e. The van der Waals surface area contributed by atoms with E-state index in [0.29, 0.717) is 6.04 Å². The summed E-state index contributed by atoms with van der Waals surface area (Å²) >= 11 is 5.24. The molecule has 1 unspecified atom stereocenters. The first kappa shape index (κ1) is 15.3. The number of nitrogens with one attached hydrogen (secondary N) is 1. The lowest BCUT2D eigenvalue weighted by molar-refractivity contribution is -0.0864. The van der Waals surface area contributed by atoms with Crippen LogP contribution in [0.15, 0.2) is 22.7 Å². The Labute approximate surface area is 138 Å². The molecule has 2 heterocycles. The molecule has 1 aliphatic heterocycles. The Morgan fingerprint density at radius 2 is 2.24 bits per heavy atom. The zero-order valence-electron chi connectivity index (χ0n) is 12.5. The summed E-state index contributed by atoms with van der Waals surface area (Å²) in [5, 5.41) is 4.65. The number of hydrogen-bond donors (Lipinski definition) is 1. The molecule has 0 amide bonds. The van der Waals surface area contributed by atoms with Crippen LogP contribution in [0.2, 0.25) is 0 Å². The van der Waals surface area contributed by atoms with E-state index >= 15 is 0 Å². The van der Waals surface area contributed by atoms with Crippen molar-refractivity contribution in [3.63, 3.8) is 0 Å². The Morgan fingerprint density at radius 1 is 1.43 bits per heavy atom. The van der Waals surface area contributed by atoms with Gasteiger partial charge in [0.2, 0.25) is 0 Å². The molecule has 1 saturated heterocycles. The van der Waals surface area contributed by atoms with Crippen LogP contribution in [0, 0.1) is 0 Å². The van der Waals surface area contributed by atoms with E-state index in [2.05, 4.69) is 47.2 Å². The van der Waals surface area contributed by atoms with E-state index < -0.39 is 0 Å². The minimum Gasteiger partial charge on any atom is -0.375 e. The minimum atomic E-state index is 0.0512. The molecule has 5 heteroatoms. The van der Waals surface area contributed by atoms with Gasteiger partial charge in [0.1, 0.15) is 0 Å². The van der Waals surface area contributed by atoms with Crippen LogP contribution in [-0.4, -0.2) is 23.2 Å². The summed E-state index contributed by atoms with van der Waals surface area (Å²) in [6.45, 7) is 5.29. The van der Waals surface area contributed by atoms with Gasteiger partial charge >= 0.3 is 0 Å². The van der Waals surface area contributed by atoms with Crippen LogP contribution < -0.4 is 5.32 Å². The van der Waals surface area contributed by atoms with Gasteiger partial charge in [0.15, 0.2) is 5.13 Å². The third-order valence-corrected chi connectivity index (χ3v) is 5.90. The van der Waals surface area contributed by atoms with Crippen molar-refractivity contribution in [3.8, 4) is 0 Å². The Hall–Kier alpha value is -0.650. The van der Waals surface area contributed by atoms with Gasteiger partial charge in [-0.25, -0.2) is 4.98 Å². The van der Waals surface area contributed by atoms with E-state index in [1.165, 1.54) is 4.70 Å². The zero-order chi connectivity index (χ0) is 14.9. The van der Waals surface area contributed by atoms with Crippen LogP contribution >= 0.6 is 27.3 Å². The second kappa shape index (κ2) is 6.23. The summed E-state index contributed by atoms with van der Waals surface area (Å²) in [7, 11) is 0. The molecule has 1 aromatic heterocycles. The normalized spacial score (nSPS) is 21.6. The zero-order valence-corrected chi connectivity index (χ0v) is 14.9. The molecule has 1 aliphatic rings. The predicted molar refractivity (Wildman–Crippen MR) is 93.2 cm³/mol. The second-order valence-electron chi connectivity index (χ2n) is 5.70. The molecule has 1 fully saturated rings. The molecule has 0 saturated carbocycles. The Bertz CT molecular complexity index is 624. The first-order valence-corrected chi connectivity index (χ1v) is 9.21. The van der Waals surface area contributed by atoms with Crippen molar-refractivity contribution in [3.05, 3.63) is 22.7 Å². The number of nitrogens with zero attached hydrogens (tertiary/aromatic N) is 1. The number of rotatable bonds is 4. The lowest BCUT2D eigenvalue weighted by Gasteiger charge is -2.40. The maximum absolute atomic E-state index is 6.04. The highest BCUT2D eigenvalue weighted by molar-refractivity contribution is 9.10. The topological polar surface area (TPSA) is 34.2 Å². The van der Waals surface area contributed by atoms with E-state index in [1.807, 2.05) is 6.07 Å². The number of hydrogen-bond acceptors (Lipinski definition) is 4. The summed E-state index contributed by atoms with van der Waals surface area (Å²) in [5.41, 5.74) is 1.12. The third kappa shape index (κ3) is 3.25. The largest absolute Gasteiger partial charge is 0.375 e. The molecular weight excluding hydrogens is 348 g/mol. The molecule has 1 atom stereocenters. The van der Waals surface area contributed by atoms with Gasteiger partial charge in [0, 0.05) is 17.1 Å². The monoisotopic (exact) mass is 368 g/mol. The molecule has 1 N–H and O–H groups in total. The van der Waals surface area contributed by atoms with Crippen LogP contribution in [0.5, 0.6) is 0 Å². The van der Waals surface area contributed by atoms with Crippen molar-refractivity contribution in [1.82, 2.24) is 4.98 Å². The van der Waals surface area contributed by atoms with Crippen molar-refractivity contribution in [1.29, 1.82) is 0 Å². The van der Waals surface area contributed by atoms with Gasteiger partial charge < -0.3 is 10.1 Å². The lowest BCUT2D eigenvalue weighted by Crippen LogP contribution is -2.43. The minimum absolute atomic E-state index is 0.0512. The SMILES string of the molecule is CCC1(CC)CC(Nc2nc3ccc(Br)cc3s2)CCO1. The average Bonchev–Trinajstić information content (AvgIpc) is 2.88. The molecule has 21 heavy (non-hydrogen) atoms. The average molecular weight is 369 g/mol. The Balaban J connectivity index is 1.75. The number of anilines is 1. The van der Waals surface area contributed by atoms with Gasteiger partial charge in [-0.2, -0.15) is 0 Å². The quantitative estimate of drug-likeness (QED) is 0.804. The number of halogens is 1. The van der Waals surface area contributed by atoms with Crippen molar-refractivity contribution in [2.45, 2.75) is 51.2 Å². The van der Waals surface area contributed by atoms with Crippen molar-refractivity contribution in [2.75, 3.05) is 11.9 Å². The van der Waals surface area contributed by atoms with Crippen molar-refractivity contribution < 1.29 is 4.74 Å². The third-order valence-electron chi connectivity index (χ3n) is 4.46. The molecule has 0 spiro atoms. The van der Waals surface area contributed by atoms with Gasteiger partial charge in [-0.3, -0.25) is 0 Å². The number of benzene rings is 1. The summed E-state index contributed by atoms with van der Waals surface area (Å²) in [5.74, 6) is 0. The molecule has 0 bridgehead atoms. The molecule has 114 valence electrons. The fourth-order valence-corrected chi connectivity index (χ4v) is 4.52. The number of aromatic nitrogens is 1. The van der Waals surface area contributed by atoms with Gasteiger partial charge in [-0.1, -0.05) is 41.1 Å². The molecule has 1 aromatic carbocycles. The fraction of sp³-hybridized carbons (Fsp3) is 0.562. The van der Waals surface area contributed by atoms with Crippen LogP contribution in [0.3, 0.4) is 0 Å². The van der Waals surface area contributed by atoms with E-state index in [-0.39, 0.29) is 5.60 Å². The van der Waals surface area contributed by atoms with Crippen LogP contribution in [-0.2, 0) is 4.74 Å². The summed E-state index contributed by atoms with van der Waals surface area (Å²) in [6.07, 6.45) is 4.28. The van der Waals surface area contributed by atoms with Crippen LogP contribution in [0.1, 0.15) is 39.5 Å².